The van der Waals surface area contributed by atoms with Crippen LogP contribution in [0.2, 0.25) is 0 Å². The molecule has 3 N–H and O–H groups in total. The number of unbranched alkanes of at least 4 members (excludes halogenated alkanes) is 1. The zero-order valence-electron chi connectivity index (χ0n) is 11.7. The van der Waals surface area contributed by atoms with Gasteiger partial charge in [0.25, 0.3) is 5.56 Å². The number of aromatic nitrogens is 1. The number of hydrogen-bond acceptors (Lipinski definition) is 4. The molecule has 108 valence electrons. The van der Waals surface area contributed by atoms with E-state index < -0.39 is 0 Å². The fourth-order valence-corrected chi connectivity index (χ4v) is 2.05. The molecule has 0 radical (unpaired) electrons. The van der Waals surface area contributed by atoms with Gasteiger partial charge in [0.15, 0.2) is 0 Å². The molecule has 0 aliphatic heterocycles. The standard InChI is InChI=1S/C14H25N3O2/c1-2-3-7-16(10-11-18)8-4-9-17-12-13(15)5-6-14(17)19/h5-6,12,18H,2-4,7-11,15H2,1H3. The molecule has 0 bridgehead atoms. The molecule has 0 aromatic carbocycles. The summed E-state index contributed by atoms with van der Waals surface area (Å²) in [6.07, 6.45) is 4.85. The zero-order chi connectivity index (χ0) is 14.1. The van der Waals surface area contributed by atoms with Crippen LogP contribution in [0.4, 0.5) is 5.69 Å². The van der Waals surface area contributed by atoms with Gasteiger partial charge in [0.2, 0.25) is 0 Å². The van der Waals surface area contributed by atoms with Crippen LogP contribution in [0, 0.1) is 0 Å². The molecule has 0 unspecified atom stereocenters. The predicted molar refractivity (Wildman–Crippen MR) is 78.2 cm³/mol. The van der Waals surface area contributed by atoms with Crippen LogP contribution >= 0.6 is 0 Å². The fraction of sp³-hybridized carbons (Fsp3) is 0.643. The Kier molecular flexibility index (Phi) is 7.22. The topological polar surface area (TPSA) is 71.5 Å². The molecule has 0 aliphatic rings. The number of rotatable bonds is 9. The zero-order valence-corrected chi connectivity index (χ0v) is 11.7. The van der Waals surface area contributed by atoms with Crippen LogP contribution in [0.5, 0.6) is 0 Å². The first-order chi connectivity index (χ1) is 9.17. The van der Waals surface area contributed by atoms with Gasteiger partial charge >= 0.3 is 0 Å². The number of nitrogen functional groups attached to an aromatic ring is 1. The van der Waals surface area contributed by atoms with Gasteiger partial charge < -0.3 is 20.3 Å². The smallest absolute Gasteiger partial charge is 0.250 e. The maximum atomic E-state index is 11.6. The van der Waals surface area contributed by atoms with Crippen LogP contribution in [0.1, 0.15) is 26.2 Å². The van der Waals surface area contributed by atoms with E-state index in [1.807, 2.05) is 0 Å². The summed E-state index contributed by atoms with van der Waals surface area (Å²) in [5.41, 5.74) is 6.26. The molecule has 1 aromatic heterocycles. The molecular weight excluding hydrogens is 242 g/mol. The van der Waals surface area contributed by atoms with E-state index in [4.69, 9.17) is 10.8 Å². The second-order valence-electron chi connectivity index (χ2n) is 4.77. The number of aliphatic hydroxyl groups is 1. The number of nitrogens with zero attached hydrogens (tertiary/aromatic N) is 2. The Bertz CT molecular complexity index is 417. The largest absolute Gasteiger partial charge is 0.398 e. The molecular formula is C14H25N3O2. The van der Waals surface area contributed by atoms with E-state index in [1.54, 1.807) is 16.8 Å². The Hall–Kier alpha value is -1.33. The summed E-state index contributed by atoms with van der Waals surface area (Å²) in [7, 11) is 0. The first kappa shape index (κ1) is 15.7. The molecule has 0 saturated heterocycles. The molecule has 0 spiro atoms. The lowest BCUT2D eigenvalue weighted by molar-refractivity contribution is 0.190. The minimum Gasteiger partial charge on any atom is -0.398 e. The highest BCUT2D eigenvalue weighted by atomic mass is 16.3. The highest BCUT2D eigenvalue weighted by Gasteiger charge is 2.04. The van der Waals surface area contributed by atoms with E-state index in [2.05, 4.69) is 11.8 Å². The second-order valence-corrected chi connectivity index (χ2v) is 4.77. The lowest BCUT2D eigenvalue weighted by Crippen LogP contribution is -2.30. The molecule has 0 atom stereocenters. The summed E-state index contributed by atoms with van der Waals surface area (Å²) in [6.45, 7) is 5.60. The normalized spacial score (nSPS) is 11.1. The Morgan fingerprint density at radius 2 is 2.00 bits per heavy atom. The number of aryl methyl sites for hydroxylation is 1. The van der Waals surface area contributed by atoms with Gasteiger partial charge in [0.05, 0.1) is 6.61 Å². The molecule has 0 saturated carbocycles. The third kappa shape index (κ3) is 5.89. The van der Waals surface area contributed by atoms with Crippen molar-refractivity contribution in [3.05, 3.63) is 28.7 Å². The van der Waals surface area contributed by atoms with Gasteiger partial charge in [-0.15, -0.1) is 0 Å². The fourth-order valence-electron chi connectivity index (χ4n) is 2.05. The van der Waals surface area contributed by atoms with Gasteiger partial charge in [0.1, 0.15) is 0 Å². The molecule has 0 aliphatic carbocycles. The van der Waals surface area contributed by atoms with Crippen molar-refractivity contribution in [3.8, 4) is 0 Å². The summed E-state index contributed by atoms with van der Waals surface area (Å²) >= 11 is 0. The molecule has 0 amide bonds. The average Bonchev–Trinajstić information content (AvgIpc) is 2.40. The van der Waals surface area contributed by atoms with Gasteiger partial charge in [-0.2, -0.15) is 0 Å². The summed E-state index contributed by atoms with van der Waals surface area (Å²) in [5.74, 6) is 0. The number of hydrogen-bond donors (Lipinski definition) is 2. The summed E-state index contributed by atoms with van der Waals surface area (Å²) in [5, 5.41) is 9.02. The maximum absolute atomic E-state index is 11.6. The highest BCUT2D eigenvalue weighted by Crippen LogP contribution is 2.00. The second kappa shape index (κ2) is 8.72. The lowest BCUT2D eigenvalue weighted by atomic mass is 10.3. The minimum absolute atomic E-state index is 0.0172. The monoisotopic (exact) mass is 267 g/mol. The van der Waals surface area contributed by atoms with Crippen molar-refractivity contribution in [2.24, 2.45) is 0 Å². The summed E-state index contributed by atoms with van der Waals surface area (Å²) in [4.78, 5) is 13.8. The van der Waals surface area contributed by atoms with Crippen molar-refractivity contribution in [2.45, 2.75) is 32.7 Å². The Balaban J connectivity index is 2.42. The van der Waals surface area contributed by atoms with Crippen molar-refractivity contribution in [1.29, 1.82) is 0 Å². The number of nitrogens with two attached hydrogens (primary N) is 1. The van der Waals surface area contributed by atoms with E-state index in [1.165, 1.54) is 6.07 Å². The number of aliphatic hydroxyl groups excluding tert-OH is 1. The molecule has 19 heavy (non-hydrogen) atoms. The van der Waals surface area contributed by atoms with Crippen molar-refractivity contribution >= 4 is 5.69 Å². The van der Waals surface area contributed by atoms with Gasteiger partial charge in [-0.05, 0) is 32.0 Å². The van der Waals surface area contributed by atoms with E-state index in [0.717, 1.165) is 32.4 Å². The first-order valence-corrected chi connectivity index (χ1v) is 6.96. The molecule has 5 heteroatoms. The number of pyridine rings is 1. The van der Waals surface area contributed by atoms with Crippen LogP contribution in [0.15, 0.2) is 23.1 Å². The van der Waals surface area contributed by atoms with Gasteiger partial charge in [-0.25, -0.2) is 0 Å². The van der Waals surface area contributed by atoms with Gasteiger partial charge in [0, 0.05) is 31.0 Å². The molecule has 1 heterocycles. The minimum atomic E-state index is -0.0172. The Morgan fingerprint density at radius 1 is 1.26 bits per heavy atom. The summed E-state index contributed by atoms with van der Waals surface area (Å²) in [6, 6.07) is 3.12. The summed E-state index contributed by atoms with van der Waals surface area (Å²) < 4.78 is 1.65. The first-order valence-electron chi connectivity index (χ1n) is 6.96. The molecule has 5 nitrogen and oxygen atoms in total. The van der Waals surface area contributed by atoms with Crippen molar-refractivity contribution in [1.82, 2.24) is 9.47 Å². The van der Waals surface area contributed by atoms with E-state index in [-0.39, 0.29) is 12.2 Å². The van der Waals surface area contributed by atoms with Gasteiger partial charge in [-0.1, -0.05) is 13.3 Å². The highest BCUT2D eigenvalue weighted by molar-refractivity contribution is 5.33. The van der Waals surface area contributed by atoms with Crippen LogP contribution < -0.4 is 11.3 Å². The van der Waals surface area contributed by atoms with Crippen molar-refractivity contribution in [2.75, 3.05) is 32.0 Å². The lowest BCUT2D eigenvalue weighted by Gasteiger charge is -2.21. The van der Waals surface area contributed by atoms with Crippen molar-refractivity contribution < 1.29 is 5.11 Å². The van der Waals surface area contributed by atoms with E-state index in [9.17, 15) is 4.79 Å². The van der Waals surface area contributed by atoms with Crippen LogP contribution in [0.25, 0.3) is 0 Å². The SMILES string of the molecule is CCCCN(CCO)CCCn1cc(N)ccc1=O. The maximum Gasteiger partial charge on any atom is 0.250 e. The third-order valence-electron chi connectivity index (χ3n) is 3.12. The van der Waals surface area contributed by atoms with E-state index >= 15 is 0 Å². The van der Waals surface area contributed by atoms with E-state index in [0.29, 0.717) is 18.8 Å². The third-order valence-corrected chi connectivity index (χ3v) is 3.12. The number of anilines is 1. The van der Waals surface area contributed by atoms with Crippen LogP contribution in [-0.4, -0.2) is 40.8 Å². The van der Waals surface area contributed by atoms with Crippen LogP contribution in [-0.2, 0) is 6.54 Å². The molecule has 1 aromatic rings. The predicted octanol–water partition coefficient (Wildman–Crippen LogP) is 0.915. The average molecular weight is 267 g/mol. The Labute approximate surface area is 114 Å². The Morgan fingerprint density at radius 3 is 2.68 bits per heavy atom. The molecule has 0 fully saturated rings. The quantitative estimate of drug-likeness (QED) is 0.698. The van der Waals surface area contributed by atoms with Gasteiger partial charge in [-0.3, -0.25) is 4.79 Å². The van der Waals surface area contributed by atoms with Crippen LogP contribution in [0.3, 0.4) is 0 Å². The van der Waals surface area contributed by atoms with Crippen molar-refractivity contribution in [3.63, 3.8) is 0 Å². The molecule has 1 rings (SSSR count).